The van der Waals surface area contributed by atoms with Crippen molar-refractivity contribution in [2.45, 2.75) is 93.4 Å². The van der Waals surface area contributed by atoms with Crippen molar-refractivity contribution in [1.29, 1.82) is 5.26 Å². The molecule has 4 bridgehead atoms. The minimum atomic E-state index is -0.655. The summed E-state index contributed by atoms with van der Waals surface area (Å²) in [5.74, 6) is 1.55. The van der Waals surface area contributed by atoms with Crippen molar-refractivity contribution in [1.82, 2.24) is 10.5 Å². The lowest BCUT2D eigenvalue weighted by Crippen LogP contribution is -2.61. The highest BCUT2D eigenvalue weighted by Gasteiger charge is 2.55. The minimum Gasteiger partial charge on any atom is -0.473 e. The van der Waals surface area contributed by atoms with Crippen LogP contribution >= 0.6 is 11.8 Å². The zero-order chi connectivity index (χ0) is 22.5. The van der Waals surface area contributed by atoms with Crippen molar-refractivity contribution in [2.24, 2.45) is 23.2 Å². The fourth-order valence-electron chi connectivity index (χ4n) is 6.50. The summed E-state index contributed by atoms with van der Waals surface area (Å²) in [5.41, 5.74) is -1.18. The summed E-state index contributed by atoms with van der Waals surface area (Å²) in [6, 6.07) is 2.31. The first-order chi connectivity index (χ1) is 15.3. The monoisotopic (exact) mass is 459 g/mol. The van der Waals surface area contributed by atoms with E-state index in [0.717, 1.165) is 44.9 Å². The van der Waals surface area contributed by atoms with Crippen molar-refractivity contribution < 1.29 is 19.2 Å². The summed E-state index contributed by atoms with van der Waals surface area (Å²) in [7, 11) is 0. The zero-order valence-electron chi connectivity index (χ0n) is 18.9. The van der Waals surface area contributed by atoms with Crippen LogP contribution in [0.15, 0.2) is 9.42 Å². The normalized spacial score (nSPS) is 33.9. The predicted octanol–water partition coefficient (Wildman–Crippen LogP) is 4.31. The van der Waals surface area contributed by atoms with Gasteiger partial charge in [-0.2, -0.15) is 5.26 Å². The maximum absolute atomic E-state index is 13.4. The van der Waals surface area contributed by atoms with Gasteiger partial charge in [-0.15, -0.1) is 11.8 Å². The molecule has 0 aliphatic heterocycles. The average molecular weight is 460 g/mol. The Morgan fingerprint density at radius 2 is 2.00 bits per heavy atom. The van der Waals surface area contributed by atoms with Gasteiger partial charge in [0.2, 0.25) is 5.76 Å². The van der Waals surface area contributed by atoms with E-state index in [4.69, 9.17) is 9.26 Å². The minimum absolute atomic E-state index is 0.0793. The van der Waals surface area contributed by atoms with Crippen LogP contribution in [0.5, 0.6) is 5.88 Å². The summed E-state index contributed by atoms with van der Waals surface area (Å²) in [5, 5.41) is 27.9. The number of nitrogens with one attached hydrogen (secondary N) is 1. The Morgan fingerprint density at radius 3 is 2.62 bits per heavy atom. The van der Waals surface area contributed by atoms with E-state index in [-0.39, 0.29) is 24.3 Å². The Morgan fingerprint density at radius 1 is 1.31 bits per heavy atom. The van der Waals surface area contributed by atoms with Gasteiger partial charge in [-0.1, -0.05) is 12.8 Å². The number of rotatable bonds is 7. The van der Waals surface area contributed by atoms with E-state index in [1.165, 1.54) is 12.8 Å². The van der Waals surface area contributed by atoms with Crippen LogP contribution in [0.4, 0.5) is 0 Å². The van der Waals surface area contributed by atoms with Crippen LogP contribution in [-0.2, 0) is 0 Å². The number of hydrogen-bond donors (Lipinski definition) is 2. The molecule has 0 aromatic carbocycles. The fraction of sp³-hybridized carbons (Fsp3) is 0.792. The second kappa shape index (κ2) is 8.25. The summed E-state index contributed by atoms with van der Waals surface area (Å²) >= 11 is 1.62. The summed E-state index contributed by atoms with van der Waals surface area (Å²) in [6.45, 7) is 3.80. The number of aromatic nitrogens is 1. The molecule has 7 nitrogen and oxygen atoms in total. The first-order valence-electron chi connectivity index (χ1n) is 12.0. The number of ether oxygens (including phenoxy) is 1. The first kappa shape index (κ1) is 22.1. The second-order valence-corrected chi connectivity index (χ2v) is 12.5. The Bertz CT molecular complexity index is 901. The summed E-state index contributed by atoms with van der Waals surface area (Å²) in [6.07, 6.45) is 9.24. The molecular formula is C24H33N3O4S. The number of carbonyl (C=O) groups is 1. The molecule has 2 atom stereocenters. The average Bonchev–Trinajstić information content (AvgIpc) is 3.38. The van der Waals surface area contributed by atoms with Gasteiger partial charge in [-0.3, -0.25) is 4.79 Å². The highest BCUT2D eigenvalue weighted by Crippen LogP contribution is 2.55. The summed E-state index contributed by atoms with van der Waals surface area (Å²) in [4.78, 5) is 14.0. The number of hydrogen-bond acceptors (Lipinski definition) is 7. The van der Waals surface area contributed by atoms with Crippen molar-refractivity contribution in [3.8, 4) is 11.9 Å². The van der Waals surface area contributed by atoms with E-state index in [2.05, 4.69) is 16.5 Å². The van der Waals surface area contributed by atoms with Gasteiger partial charge in [0.1, 0.15) is 11.5 Å². The van der Waals surface area contributed by atoms with Crippen molar-refractivity contribution >= 4 is 17.7 Å². The molecule has 2 unspecified atom stereocenters. The second-order valence-electron chi connectivity index (χ2n) is 11.1. The number of aliphatic hydroxyl groups is 1. The molecule has 1 aromatic heterocycles. The maximum atomic E-state index is 13.4. The third-order valence-electron chi connectivity index (χ3n) is 7.82. The first-order valence-corrected chi connectivity index (χ1v) is 12.9. The number of nitriles is 1. The van der Waals surface area contributed by atoms with E-state index in [1.54, 1.807) is 11.8 Å². The van der Waals surface area contributed by atoms with Crippen LogP contribution in [0, 0.1) is 34.5 Å². The van der Waals surface area contributed by atoms with E-state index in [0.29, 0.717) is 33.8 Å². The standard InChI is InChI=1S/C24H33N3O4S/c1-23(2,12-25)13-30-22-20(32-17-5-3-4-6-17)19(31-27-22)21(28)26-18-15-7-14-8-16(18)11-24(29,9-14)10-15/h14-18,29H,3-11,13H2,1-2H3,(H,26,28). The predicted molar refractivity (Wildman–Crippen MR) is 119 cm³/mol. The lowest BCUT2D eigenvalue weighted by molar-refractivity contribution is -0.137. The Hall–Kier alpha value is -1.72. The molecule has 1 heterocycles. The molecule has 0 saturated heterocycles. The van der Waals surface area contributed by atoms with Crippen LogP contribution in [0.25, 0.3) is 0 Å². The van der Waals surface area contributed by atoms with Gasteiger partial charge < -0.3 is 19.7 Å². The van der Waals surface area contributed by atoms with E-state index >= 15 is 0 Å². The van der Waals surface area contributed by atoms with Crippen LogP contribution < -0.4 is 10.1 Å². The third kappa shape index (κ3) is 4.26. The Balaban J connectivity index is 1.34. The molecule has 174 valence electrons. The van der Waals surface area contributed by atoms with Gasteiger partial charge >= 0.3 is 0 Å². The van der Waals surface area contributed by atoms with Crippen LogP contribution in [0.3, 0.4) is 0 Å². The van der Waals surface area contributed by atoms with Crippen LogP contribution in [-0.4, -0.2) is 39.7 Å². The molecule has 1 aromatic rings. The smallest absolute Gasteiger partial charge is 0.291 e. The highest BCUT2D eigenvalue weighted by atomic mass is 32.2. The van der Waals surface area contributed by atoms with Gasteiger partial charge in [0, 0.05) is 11.3 Å². The molecule has 8 heteroatoms. The molecule has 32 heavy (non-hydrogen) atoms. The van der Waals surface area contributed by atoms with Gasteiger partial charge in [0.25, 0.3) is 11.8 Å². The van der Waals surface area contributed by atoms with Crippen LogP contribution in [0.2, 0.25) is 0 Å². The topological polar surface area (TPSA) is 108 Å². The number of nitrogens with zero attached hydrogens (tertiary/aromatic N) is 2. The molecule has 5 aliphatic carbocycles. The van der Waals surface area contributed by atoms with Gasteiger partial charge in [0.15, 0.2) is 0 Å². The van der Waals surface area contributed by atoms with E-state index in [9.17, 15) is 15.2 Å². The SMILES string of the molecule is CC(C)(C#N)COc1noc(C(=O)NC2C3CC4CC2CC(O)(C4)C3)c1SC1CCCC1. The molecule has 0 spiro atoms. The molecule has 5 fully saturated rings. The lowest BCUT2D eigenvalue weighted by atomic mass is 9.52. The van der Waals surface area contributed by atoms with Crippen molar-refractivity contribution in [2.75, 3.05) is 6.61 Å². The molecule has 6 rings (SSSR count). The molecule has 2 N–H and O–H groups in total. The number of amides is 1. The Labute approximate surface area is 193 Å². The number of carbonyl (C=O) groups excluding carboxylic acids is 1. The summed E-state index contributed by atoms with van der Waals surface area (Å²) < 4.78 is 11.4. The van der Waals surface area contributed by atoms with Gasteiger partial charge in [0.05, 0.1) is 17.1 Å². The Kier molecular flexibility index (Phi) is 5.69. The molecule has 0 radical (unpaired) electrons. The van der Waals surface area contributed by atoms with Gasteiger partial charge in [-0.05, 0) is 81.7 Å². The van der Waals surface area contributed by atoms with Crippen molar-refractivity contribution in [3.05, 3.63) is 5.76 Å². The fourth-order valence-corrected chi connectivity index (χ4v) is 7.83. The van der Waals surface area contributed by atoms with E-state index < -0.39 is 11.0 Å². The van der Waals surface area contributed by atoms with E-state index in [1.807, 2.05) is 13.8 Å². The quantitative estimate of drug-likeness (QED) is 0.625. The molecule has 5 saturated carbocycles. The zero-order valence-corrected chi connectivity index (χ0v) is 19.7. The molecule has 1 amide bonds. The lowest BCUT2D eigenvalue weighted by Gasteiger charge is -2.58. The molecular weight excluding hydrogens is 426 g/mol. The maximum Gasteiger partial charge on any atom is 0.291 e. The molecule has 5 aliphatic rings. The van der Waals surface area contributed by atoms with Gasteiger partial charge in [-0.25, -0.2) is 0 Å². The largest absolute Gasteiger partial charge is 0.473 e. The van der Waals surface area contributed by atoms with Crippen LogP contribution in [0.1, 0.15) is 82.2 Å². The highest BCUT2D eigenvalue weighted by molar-refractivity contribution is 8.00. The third-order valence-corrected chi connectivity index (χ3v) is 9.22. The number of thioether (sulfide) groups is 1. The van der Waals surface area contributed by atoms with Crippen molar-refractivity contribution in [3.63, 3.8) is 0 Å².